The van der Waals surface area contributed by atoms with Crippen LogP contribution in [-0.2, 0) is 9.59 Å². The molecule has 138 valence electrons. The molecule has 0 aromatic heterocycles. The predicted molar refractivity (Wildman–Crippen MR) is 102 cm³/mol. The summed E-state index contributed by atoms with van der Waals surface area (Å²) in [7, 11) is 1.64. The summed E-state index contributed by atoms with van der Waals surface area (Å²) < 4.78 is 13.1. The number of hydrogen-bond acceptors (Lipinski definition) is 3. The molecule has 26 heavy (non-hydrogen) atoms. The van der Waals surface area contributed by atoms with Gasteiger partial charge >= 0.3 is 0 Å². The van der Waals surface area contributed by atoms with E-state index >= 15 is 0 Å². The fourth-order valence-corrected chi connectivity index (χ4v) is 2.73. The third-order valence-corrected chi connectivity index (χ3v) is 4.11. The molecule has 0 fully saturated rings. The SMILES string of the molecule is C[C@@H](C(=O)Nc1cc(Cl)cc(Cl)c1)N(C)CC(=O)Nc1cccc(F)c1. The number of nitrogens with one attached hydrogen (secondary N) is 2. The molecule has 0 aliphatic heterocycles. The van der Waals surface area contributed by atoms with Gasteiger partial charge in [-0.3, -0.25) is 14.5 Å². The zero-order valence-corrected chi connectivity index (χ0v) is 15.7. The Morgan fingerprint density at radius 1 is 1.08 bits per heavy atom. The van der Waals surface area contributed by atoms with E-state index in [-0.39, 0.29) is 18.4 Å². The highest BCUT2D eigenvalue weighted by Crippen LogP contribution is 2.22. The van der Waals surface area contributed by atoms with Crippen molar-refractivity contribution in [3.05, 3.63) is 58.3 Å². The maximum atomic E-state index is 13.1. The summed E-state index contributed by atoms with van der Waals surface area (Å²) in [5.74, 6) is -1.11. The average Bonchev–Trinajstić information content (AvgIpc) is 2.52. The van der Waals surface area contributed by atoms with Gasteiger partial charge < -0.3 is 10.6 Å². The molecule has 2 rings (SSSR count). The van der Waals surface area contributed by atoms with E-state index in [4.69, 9.17) is 23.2 Å². The van der Waals surface area contributed by atoms with E-state index in [1.165, 1.54) is 18.2 Å². The van der Waals surface area contributed by atoms with Gasteiger partial charge in [0.2, 0.25) is 11.8 Å². The molecule has 1 atom stereocenters. The Kier molecular flexibility index (Phi) is 6.97. The zero-order chi connectivity index (χ0) is 19.3. The second-order valence-electron chi connectivity index (χ2n) is 5.80. The number of rotatable bonds is 6. The number of benzene rings is 2. The van der Waals surface area contributed by atoms with Crippen molar-refractivity contribution in [2.75, 3.05) is 24.2 Å². The van der Waals surface area contributed by atoms with Crippen molar-refractivity contribution in [3.63, 3.8) is 0 Å². The summed E-state index contributed by atoms with van der Waals surface area (Å²) in [5.41, 5.74) is 0.825. The molecule has 2 N–H and O–H groups in total. The summed E-state index contributed by atoms with van der Waals surface area (Å²) in [5, 5.41) is 6.10. The molecular formula is C18H18Cl2FN3O2. The monoisotopic (exact) mass is 397 g/mol. The van der Waals surface area contributed by atoms with Crippen molar-refractivity contribution in [2.24, 2.45) is 0 Å². The van der Waals surface area contributed by atoms with E-state index in [0.717, 1.165) is 0 Å². The lowest BCUT2D eigenvalue weighted by molar-refractivity contribution is -0.122. The van der Waals surface area contributed by atoms with E-state index in [1.807, 2.05) is 0 Å². The van der Waals surface area contributed by atoms with Gasteiger partial charge in [-0.1, -0.05) is 29.3 Å². The van der Waals surface area contributed by atoms with Crippen LogP contribution in [0.2, 0.25) is 10.0 Å². The van der Waals surface area contributed by atoms with Gasteiger partial charge in [0.25, 0.3) is 0 Å². The summed E-state index contributed by atoms with van der Waals surface area (Å²) in [6, 6.07) is 9.72. The third-order valence-electron chi connectivity index (χ3n) is 3.67. The van der Waals surface area contributed by atoms with Gasteiger partial charge in [-0.15, -0.1) is 0 Å². The lowest BCUT2D eigenvalue weighted by Gasteiger charge is -2.23. The van der Waals surface area contributed by atoms with Gasteiger partial charge in [0.1, 0.15) is 5.82 Å². The quantitative estimate of drug-likeness (QED) is 0.773. The number of anilines is 2. The third kappa shape index (κ3) is 5.98. The van der Waals surface area contributed by atoms with Crippen LogP contribution in [0.4, 0.5) is 15.8 Å². The van der Waals surface area contributed by atoms with Crippen LogP contribution in [-0.4, -0.2) is 36.3 Å². The van der Waals surface area contributed by atoms with Crippen LogP contribution in [0.1, 0.15) is 6.92 Å². The van der Waals surface area contributed by atoms with Crippen LogP contribution in [0, 0.1) is 5.82 Å². The molecule has 5 nitrogen and oxygen atoms in total. The molecule has 2 aromatic rings. The van der Waals surface area contributed by atoms with Crippen molar-refractivity contribution in [3.8, 4) is 0 Å². The average molecular weight is 398 g/mol. The summed E-state index contributed by atoms with van der Waals surface area (Å²) in [6.07, 6.45) is 0. The van der Waals surface area contributed by atoms with Gasteiger partial charge in [-0.05, 0) is 50.4 Å². The fraction of sp³-hybridized carbons (Fsp3) is 0.222. The molecular weight excluding hydrogens is 380 g/mol. The molecule has 2 amide bonds. The maximum absolute atomic E-state index is 13.1. The topological polar surface area (TPSA) is 61.4 Å². The molecule has 0 saturated heterocycles. The largest absolute Gasteiger partial charge is 0.325 e. The zero-order valence-electron chi connectivity index (χ0n) is 14.2. The van der Waals surface area contributed by atoms with E-state index < -0.39 is 11.9 Å². The van der Waals surface area contributed by atoms with Gasteiger partial charge in [-0.25, -0.2) is 4.39 Å². The molecule has 0 heterocycles. The number of nitrogens with zero attached hydrogens (tertiary/aromatic N) is 1. The Labute approximate surface area is 161 Å². The Bertz CT molecular complexity index is 797. The number of carbonyl (C=O) groups excluding carboxylic acids is 2. The number of likely N-dealkylation sites (N-methyl/N-ethyl adjacent to an activating group) is 1. The molecule has 0 radical (unpaired) electrons. The Hall–Kier alpha value is -2.15. The maximum Gasteiger partial charge on any atom is 0.241 e. The van der Waals surface area contributed by atoms with Crippen molar-refractivity contribution >= 4 is 46.4 Å². The summed E-state index contributed by atoms with van der Waals surface area (Å²) in [4.78, 5) is 26.0. The predicted octanol–water partition coefficient (Wildman–Crippen LogP) is 4.03. The molecule has 0 spiro atoms. The highest BCUT2D eigenvalue weighted by Gasteiger charge is 2.20. The number of hydrogen-bond donors (Lipinski definition) is 2. The van der Waals surface area contributed by atoms with Crippen LogP contribution in [0.5, 0.6) is 0 Å². The molecule has 8 heteroatoms. The van der Waals surface area contributed by atoms with Gasteiger partial charge in [0.15, 0.2) is 0 Å². The van der Waals surface area contributed by atoms with Crippen LogP contribution >= 0.6 is 23.2 Å². The fourth-order valence-electron chi connectivity index (χ4n) is 2.20. The van der Waals surface area contributed by atoms with Gasteiger partial charge in [-0.2, -0.15) is 0 Å². The standard InChI is InChI=1S/C18H18Cl2FN3O2/c1-11(18(26)23-16-7-12(19)6-13(20)8-16)24(2)10-17(25)22-15-5-3-4-14(21)9-15/h3-9,11H,10H2,1-2H3,(H,22,25)(H,23,26)/t11-/m0/s1. The van der Waals surface area contributed by atoms with Crippen molar-refractivity contribution < 1.29 is 14.0 Å². The first kappa shape index (κ1) is 20.2. The summed E-state index contributed by atoms with van der Waals surface area (Å²) >= 11 is 11.8. The molecule has 0 aliphatic carbocycles. The second-order valence-corrected chi connectivity index (χ2v) is 6.67. The molecule has 0 saturated carbocycles. The molecule has 0 unspecified atom stereocenters. The van der Waals surface area contributed by atoms with Crippen LogP contribution in [0.25, 0.3) is 0 Å². The van der Waals surface area contributed by atoms with Crippen molar-refractivity contribution in [1.29, 1.82) is 0 Å². The molecule has 0 aliphatic rings. The molecule has 0 bridgehead atoms. The number of carbonyl (C=O) groups is 2. The first-order valence-electron chi connectivity index (χ1n) is 7.77. The normalized spacial score (nSPS) is 11.9. The Balaban J connectivity index is 1.92. The smallest absolute Gasteiger partial charge is 0.241 e. The van der Waals surface area contributed by atoms with Crippen LogP contribution in [0.3, 0.4) is 0 Å². The van der Waals surface area contributed by atoms with Crippen LogP contribution < -0.4 is 10.6 Å². The minimum atomic E-state index is -0.592. The van der Waals surface area contributed by atoms with Crippen molar-refractivity contribution in [2.45, 2.75) is 13.0 Å². The Morgan fingerprint density at radius 2 is 1.73 bits per heavy atom. The first-order valence-corrected chi connectivity index (χ1v) is 8.53. The van der Waals surface area contributed by atoms with E-state index in [0.29, 0.717) is 21.4 Å². The van der Waals surface area contributed by atoms with E-state index in [2.05, 4.69) is 10.6 Å². The summed E-state index contributed by atoms with van der Waals surface area (Å²) in [6.45, 7) is 1.62. The van der Waals surface area contributed by atoms with Crippen molar-refractivity contribution in [1.82, 2.24) is 4.90 Å². The minimum Gasteiger partial charge on any atom is -0.325 e. The van der Waals surface area contributed by atoms with Gasteiger partial charge in [0.05, 0.1) is 12.6 Å². The minimum absolute atomic E-state index is 0.0403. The highest BCUT2D eigenvalue weighted by molar-refractivity contribution is 6.35. The lowest BCUT2D eigenvalue weighted by atomic mass is 10.2. The van der Waals surface area contributed by atoms with E-state index in [1.54, 1.807) is 43.1 Å². The number of halogens is 3. The Morgan fingerprint density at radius 3 is 2.35 bits per heavy atom. The van der Waals surface area contributed by atoms with E-state index in [9.17, 15) is 14.0 Å². The second kappa shape index (κ2) is 8.98. The lowest BCUT2D eigenvalue weighted by Crippen LogP contribution is -2.43. The highest BCUT2D eigenvalue weighted by atomic mass is 35.5. The first-order chi connectivity index (χ1) is 12.2. The van der Waals surface area contributed by atoms with Gasteiger partial charge in [0, 0.05) is 21.4 Å². The molecule has 2 aromatic carbocycles. The number of amides is 2. The van der Waals surface area contributed by atoms with Crippen LogP contribution in [0.15, 0.2) is 42.5 Å².